The van der Waals surface area contributed by atoms with Crippen LogP contribution in [0.25, 0.3) is 0 Å². The lowest BCUT2D eigenvalue weighted by molar-refractivity contribution is -0.147. The molecule has 22 heavy (non-hydrogen) atoms. The van der Waals surface area contributed by atoms with E-state index >= 15 is 0 Å². The Morgan fingerprint density at radius 3 is 2.59 bits per heavy atom. The highest BCUT2D eigenvalue weighted by Gasteiger charge is 2.42. The van der Waals surface area contributed by atoms with E-state index in [4.69, 9.17) is 16.3 Å². The van der Waals surface area contributed by atoms with Crippen LogP contribution in [-0.4, -0.2) is 29.6 Å². The van der Waals surface area contributed by atoms with Crippen LogP contribution in [0.5, 0.6) is 5.75 Å². The molecule has 0 aliphatic heterocycles. The first-order chi connectivity index (χ1) is 10.5. The van der Waals surface area contributed by atoms with Crippen LogP contribution in [-0.2, 0) is 16.0 Å². The van der Waals surface area contributed by atoms with Crippen molar-refractivity contribution in [3.05, 3.63) is 28.8 Å². The number of hydrogen-bond donors (Lipinski definition) is 2. The molecule has 2 rings (SSSR count). The topological polar surface area (TPSA) is 75.6 Å². The number of carbonyl (C=O) groups is 2. The highest BCUT2D eigenvalue weighted by Crippen LogP contribution is 2.30. The maximum absolute atomic E-state index is 12.1. The number of rotatable bonds is 6. The molecule has 0 unspecified atom stereocenters. The zero-order valence-corrected chi connectivity index (χ0v) is 13.3. The zero-order valence-electron chi connectivity index (χ0n) is 12.5. The molecule has 1 aliphatic carbocycles. The minimum atomic E-state index is -1.07. The fraction of sp³-hybridized carbons (Fsp3) is 0.500. The maximum Gasteiger partial charge on any atom is 0.329 e. The van der Waals surface area contributed by atoms with Crippen molar-refractivity contribution in [1.29, 1.82) is 0 Å². The van der Waals surface area contributed by atoms with Gasteiger partial charge in [0.05, 0.1) is 12.1 Å². The lowest BCUT2D eigenvalue weighted by Gasteiger charge is -2.25. The Hall–Kier alpha value is -1.75. The fourth-order valence-corrected chi connectivity index (χ4v) is 3.10. The summed E-state index contributed by atoms with van der Waals surface area (Å²) in [5.74, 6) is -0.590. The summed E-state index contributed by atoms with van der Waals surface area (Å²) in [5, 5.41) is 12.5. The van der Waals surface area contributed by atoms with E-state index in [-0.39, 0.29) is 12.3 Å². The number of carbonyl (C=O) groups excluding carboxylic acids is 1. The molecule has 1 fully saturated rings. The van der Waals surface area contributed by atoms with Crippen LogP contribution in [0.2, 0.25) is 5.02 Å². The fourth-order valence-electron chi connectivity index (χ4n) is 2.82. The van der Waals surface area contributed by atoms with Gasteiger partial charge in [-0.1, -0.05) is 30.5 Å². The molecule has 1 aliphatic rings. The van der Waals surface area contributed by atoms with Crippen molar-refractivity contribution in [2.75, 3.05) is 7.11 Å². The van der Waals surface area contributed by atoms with Crippen molar-refractivity contribution in [3.63, 3.8) is 0 Å². The van der Waals surface area contributed by atoms with Crippen LogP contribution in [0.1, 0.15) is 37.7 Å². The van der Waals surface area contributed by atoms with Crippen molar-refractivity contribution in [2.45, 2.75) is 44.1 Å². The molecule has 0 aromatic heterocycles. The van der Waals surface area contributed by atoms with Gasteiger partial charge in [-0.05, 0) is 37.0 Å². The number of hydrogen-bond acceptors (Lipinski definition) is 3. The van der Waals surface area contributed by atoms with Gasteiger partial charge in [0.1, 0.15) is 11.3 Å². The minimum absolute atomic E-state index is 0.234. The molecular formula is C16H20ClNO4. The Bertz CT molecular complexity index is 567. The smallest absolute Gasteiger partial charge is 0.329 e. The molecule has 1 aromatic carbocycles. The Kier molecular flexibility index (Phi) is 5.29. The molecule has 0 atom stereocenters. The minimum Gasteiger partial charge on any atom is -0.495 e. The molecule has 0 saturated heterocycles. The van der Waals surface area contributed by atoms with Gasteiger partial charge in [0.2, 0.25) is 5.91 Å². The first-order valence-electron chi connectivity index (χ1n) is 7.34. The molecule has 0 heterocycles. The number of nitrogens with one attached hydrogen (secondary N) is 1. The van der Waals surface area contributed by atoms with Crippen LogP contribution in [0, 0.1) is 0 Å². The van der Waals surface area contributed by atoms with Gasteiger partial charge in [-0.2, -0.15) is 0 Å². The van der Waals surface area contributed by atoms with Crippen molar-refractivity contribution in [3.8, 4) is 5.75 Å². The summed E-state index contributed by atoms with van der Waals surface area (Å²) in [5.41, 5.74) is -0.161. The van der Waals surface area contributed by atoms with Crippen LogP contribution in [0.4, 0.5) is 0 Å². The van der Waals surface area contributed by atoms with E-state index in [1.165, 1.54) is 0 Å². The third-order valence-electron chi connectivity index (χ3n) is 4.10. The summed E-state index contributed by atoms with van der Waals surface area (Å²) in [6.45, 7) is 0. The Labute approximate surface area is 134 Å². The normalized spacial score (nSPS) is 16.3. The van der Waals surface area contributed by atoms with E-state index in [9.17, 15) is 14.7 Å². The third kappa shape index (κ3) is 3.71. The lowest BCUT2D eigenvalue weighted by atomic mass is 9.97. The van der Waals surface area contributed by atoms with Gasteiger partial charge in [0.25, 0.3) is 0 Å². The predicted molar refractivity (Wildman–Crippen MR) is 83.3 cm³/mol. The largest absolute Gasteiger partial charge is 0.495 e. The standard InChI is InChI=1S/C16H20ClNO4/c1-22-13-6-4-11(10-12(13)17)5-7-14(19)18-16(15(20)21)8-2-3-9-16/h4,6,10H,2-3,5,7-9H2,1H3,(H,18,19)(H,20,21). The van der Waals surface area contributed by atoms with Gasteiger partial charge in [0, 0.05) is 6.42 Å². The van der Waals surface area contributed by atoms with Crippen LogP contribution in [0.3, 0.4) is 0 Å². The average Bonchev–Trinajstić information content (AvgIpc) is 2.95. The van der Waals surface area contributed by atoms with E-state index in [0.717, 1.165) is 18.4 Å². The molecule has 1 saturated carbocycles. The molecule has 120 valence electrons. The van der Waals surface area contributed by atoms with Gasteiger partial charge >= 0.3 is 5.97 Å². The molecule has 6 heteroatoms. The van der Waals surface area contributed by atoms with Crippen LogP contribution in [0.15, 0.2) is 18.2 Å². The summed E-state index contributed by atoms with van der Waals surface area (Å²) in [4.78, 5) is 23.5. The van der Waals surface area contributed by atoms with Gasteiger partial charge in [-0.3, -0.25) is 4.79 Å². The number of aryl methyl sites for hydroxylation is 1. The molecular weight excluding hydrogens is 306 g/mol. The SMILES string of the molecule is COc1ccc(CCC(=O)NC2(C(=O)O)CCCC2)cc1Cl. The number of benzene rings is 1. The number of carboxylic acids is 1. The van der Waals surface area contributed by atoms with Gasteiger partial charge < -0.3 is 15.2 Å². The Morgan fingerprint density at radius 1 is 1.36 bits per heavy atom. The highest BCUT2D eigenvalue weighted by molar-refractivity contribution is 6.32. The average molecular weight is 326 g/mol. The Balaban J connectivity index is 1.92. The molecule has 1 aromatic rings. The summed E-state index contributed by atoms with van der Waals surface area (Å²) in [6.07, 6.45) is 3.41. The molecule has 0 bridgehead atoms. The number of halogens is 1. The Morgan fingerprint density at radius 2 is 2.05 bits per heavy atom. The maximum atomic E-state index is 12.1. The monoisotopic (exact) mass is 325 g/mol. The molecule has 0 spiro atoms. The quantitative estimate of drug-likeness (QED) is 0.843. The van der Waals surface area contributed by atoms with Gasteiger partial charge in [-0.15, -0.1) is 0 Å². The second-order valence-electron chi connectivity index (χ2n) is 5.61. The predicted octanol–water partition coefficient (Wildman–Crippen LogP) is 2.79. The van der Waals surface area contributed by atoms with E-state index in [1.54, 1.807) is 19.2 Å². The molecule has 2 N–H and O–H groups in total. The van der Waals surface area contributed by atoms with Crippen LogP contribution >= 0.6 is 11.6 Å². The van der Waals surface area contributed by atoms with E-state index < -0.39 is 11.5 Å². The number of ether oxygens (including phenoxy) is 1. The van der Waals surface area contributed by atoms with E-state index in [2.05, 4.69) is 5.32 Å². The summed E-state index contributed by atoms with van der Waals surface area (Å²) in [7, 11) is 1.54. The van der Waals surface area contributed by atoms with Crippen LogP contribution < -0.4 is 10.1 Å². The summed E-state index contributed by atoms with van der Waals surface area (Å²) in [6, 6.07) is 5.36. The van der Waals surface area contributed by atoms with Gasteiger partial charge in [-0.25, -0.2) is 4.79 Å². The molecule has 0 radical (unpaired) electrons. The number of methoxy groups -OCH3 is 1. The van der Waals surface area contributed by atoms with Crippen molar-refractivity contribution < 1.29 is 19.4 Å². The molecule has 5 nitrogen and oxygen atoms in total. The highest BCUT2D eigenvalue weighted by atomic mass is 35.5. The first-order valence-corrected chi connectivity index (χ1v) is 7.71. The lowest BCUT2D eigenvalue weighted by Crippen LogP contribution is -2.52. The number of carboxylic acid groups (broad SMARTS) is 1. The zero-order chi connectivity index (χ0) is 16.2. The summed E-state index contributed by atoms with van der Waals surface area (Å²) >= 11 is 6.04. The van der Waals surface area contributed by atoms with Crippen molar-refractivity contribution in [1.82, 2.24) is 5.32 Å². The second kappa shape index (κ2) is 7.01. The summed E-state index contributed by atoms with van der Waals surface area (Å²) < 4.78 is 5.08. The van der Waals surface area contributed by atoms with E-state index in [1.807, 2.05) is 6.07 Å². The first kappa shape index (κ1) is 16.6. The van der Waals surface area contributed by atoms with Crippen molar-refractivity contribution >= 4 is 23.5 Å². The second-order valence-corrected chi connectivity index (χ2v) is 6.02. The van der Waals surface area contributed by atoms with Crippen molar-refractivity contribution in [2.24, 2.45) is 0 Å². The molecule has 1 amide bonds. The number of amides is 1. The van der Waals surface area contributed by atoms with E-state index in [0.29, 0.717) is 30.0 Å². The third-order valence-corrected chi connectivity index (χ3v) is 4.40. The van der Waals surface area contributed by atoms with Gasteiger partial charge in [0.15, 0.2) is 0 Å². The number of aliphatic carboxylic acids is 1.